The molecular weight excluding hydrogens is 567 g/mol. The lowest BCUT2D eigenvalue weighted by Gasteiger charge is -2.30. The minimum Gasteiger partial charge on any atom is -0.444 e. The summed E-state index contributed by atoms with van der Waals surface area (Å²) in [7, 11) is -3.78. The van der Waals surface area contributed by atoms with Gasteiger partial charge in [0.1, 0.15) is 11.4 Å². The smallest absolute Gasteiger partial charge is 0.407 e. The molecule has 1 amide bonds. The SMILES string of the molecule is CC(C)(C)OC(=O)NC1CCC(Nc2ncc(CCc3ccc(CS(=O)(=O)c4ccccc4Cl)c(F)c3)cn2)CC1. The molecule has 41 heavy (non-hydrogen) atoms. The Morgan fingerprint density at radius 3 is 2.27 bits per heavy atom. The highest BCUT2D eigenvalue weighted by Gasteiger charge is 2.25. The Balaban J connectivity index is 1.24. The first kappa shape index (κ1) is 30.7. The van der Waals surface area contributed by atoms with Gasteiger partial charge in [-0.1, -0.05) is 35.9 Å². The van der Waals surface area contributed by atoms with Crippen molar-refractivity contribution < 1.29 is 22.3 Å². The van der Waals surface area contributed by atoms with Crippen molar-refractivity contribution in [1.82, 2.24) is 15.3 Å². The number of alkyl carbamates (subject to hydrolysis) is 1. The number of hydrogen-bond donors (Lipinski definition) is 2. The zero-order valence-electron chi connectivity index (χ0n) is 23.5. The number of ether oxygens (including phenoxy) is 1. The molecule has 0 saturated heterocycles. The normalized spacial score (nSPS) is 17.6. The largest absolute Gasteiger partial charge is 0.444 e. The Bertz CT molecular complexity index is 1450. The lowest BCUT2D eigenvalue weighted by atomic mass is 9.91. The highest BCUT2D eigenvalue weighted by atomic mass is 35.5. The first-order valence-electron chi connectivity index (χ1n) is 13.7. The second kappa shape index (κ2) is 13.2. The molecule has 0 atom stereocenters. The van der Waals surface area contributed by atoms with Gasteiger partial charge in [0, 0.05) is 30.0 Å². The van der Waals surface area contributed by atoms with Gasteiger partial charge in [-0.3, -0.25) is 0 Å². The molecule has 1 aromatic heterocycles. The fourth-order valence-corrected chi connectivity index (χ4v) is 6.67. The highest BCUT2D eigenvalue weighted by molar-refractivity contribution is 7.90. The van der Waals surface area contributed by atoms with E-state index in [9.17, 15) is 17.6 Å². The molecule has 1 heterocycles. The van der Waals surface area contributed by atoms with Crippen LogP contribution in [0.25, 0.3) is 0 Å². The topological polar surface area (TPSA) is 110 Å². The first-order chi connectivity index (χ1) is 19.4. The van der Waals surface area contributed by atoms with Crippen LogP contribution in [-0.2, 0) is 33.2 Å². The van der Waals surface area contributed by atoms with E-state index in [1.54, 1.807) is 30.6 Å². The van der Waals surface area contributed by atoms with Crippen LogP contribution in [0.2, 0.25) is 5.02 Å². The molecule has 0 unspecified atom stereocenters. The van der Waals surface area contributed by atoms with Gasteiger partial charge >= 0.3 is 6.09 Å². The van der Waals surface area contributed by atoms with Gasteiger partial charge in [0.25, 0.3) is 0 Å². The standard InChI is InChI=1S/C30H36ClFN4O4S/c1-30(2,3)40-29(37)36-24-14-12-23(13-15-24)35-28-33-17-21(18-34-28)9-8-20-10-11-22(26(32)16-20)19-41(38,39)27-7-5-4-6-25(27)31/h4-7,10-11,16-18,23-24H,8-9,12-15,19H2,1-3H3,(H,36,37)(H,33,34,35). The van der Waals surface area contributed by atoms with Gasteiger partial charge in [-0.05, 0) is 88.6 Å². The van der Waals surface area contributed by atoms with E-state index in [0.717, 1.165) is 36.8 Å². The number of benzene rings is 2. The summed E-state index contributed by atoms with van der Waals surface area (Å²) in [5, 5.41) is 6.43. The number of hydrogen-bond acceptors (Lipinski definition) is 7. The minimum absolute atomic E-state index is 0.00836. The molecule has 3 aromatic rings. The van der Waals surface area contributed by atoms with Crippen LogP contribution in [0.4, 0.5) is 15.1 Å². The van der Waals surface area contributed by atoms with Crippen molar-refractivity contribution >= 4 is 33.5 Å². The maximum absolute atomic E-state index is 14.8. The van der Waals surface area contributed by atoms with E-state index in [2.05, 4.69) is 20.6 Å². The number of anilines is 1. The molecule has 0 bridgehead atoms. The van der Waals surface area contributed by atoms with E-state index in [-0.39, 0.29) is 33.7 Å². The number of aromatic nitrogens is 2. The second-order valence-electron chi connectivity index (χ2n) is 11.4. The van der Waals surface area contributed by atoms with E-state index < -0.39 is 27.0 Å². The van der Waals surface area contributed by atoms with Crippen molar-refractivity contribution in [2.24, 2.45) is 0 Å². The number of nitrogens with zero attached hydrogens (tertiary/aromatic N) is 2. The number of halogens is 2. The van der Waals surface area contributed by atoms with E-state index in [4.69, 9.17) is 16.3 Å². The molecule has 0 spiro atoms. The van der Waals surface area contributed by atoms with Crippen molar-refractivity contribution in [1.29, 1.82) is 0 Å². The zero-order chi connectivity index (χ0) is 29.6. The molecule has 0 radical (unpaired) electrons. The van der Waals surface area contributed by atoms with Crippen LogP contribution in [0, 0.1) is 5.82 Å². The molecule has 1 aliphatic carbocycles. The van der Waals surface area contributed by atoms with Crippen molar-refractivity contribution in [3.05, 3.63) is 82.4 Å². The molecule has 0 aliphatic heterocycles. The van der Waals surface area contributed by atoms with Crippen LogP contribution in [0.1, 0.15) is 63.1 Å². The predicted molar refractivity (Wildman–Crippen MR) is 157 cm³/mol. The molecule has 1 saturated carbocycles. The Morgan fingerprint density at radius 1 is 1.00 bits per heavy atom. The third-order valence-electron chi connectivity index (χ3n) is 6.82. The van der Waals surface area contributed by atoms with Gasteiger partial charge in [0.05, 0.1) is 15.7 Å². The number of carbonyl (C=O) groups is 1. The summed E-state index contributed by atoms with van der Waals surface area (Å²) in [5.41, 5.74) is 1.24. The molecule has 4 rings (SSSR count). The van der Waals surface area contributed by atoms with Gasteiger partial charge in [-0.15, -0.1) is 0 Å². The summed E-state index contributed by atoms with van der Waals surface area (Å²) in [6.45, 7) is 5.53. The summed E-state index contributed by atoms with van der Waals surface area (Å²) < 4.78 is 45.6. The van der Waals surface area contributed by atoms with Crippen molar-refractivity contribution in [2.45, 2.75) is 87.6 Å². The maximum atomic E-state index is 14.8. The van der Waals surface area contributed by atoms with E-state index in [1.807, 2.05) is 20.8 Å². The quantitative estimate of drug-likeness (QED) is 0.297. The summed E-state index contributed by atoms with van der Waals surface area (Å²) in [4.78, 5) is 20.9. The summed E-state index contributed by atoms with van der Waals surface area (Å²) in [6, 6.07) is 11.1. The van der Waals surface area contributed by atoms with Crippen molar-refractivity contribution in [3.8, 4) is 0 Å². The molecule has 220 valence electrons. The van der Waals surface area contributed by atoms with Crippen LogP contribution in [-0.4, -0.2) is 42.2 Å². The molecule has 1 fully saturated rings. The summed E-state index contributed by atoms with van der Waals surface area (Å²) in [6.07, 6.45) is 7.75. The Labute approximate surface area is 246 Å². The molecule has 2 aromatic carbocycles. The van der Waals surface area contributed by atoms with Crippen molar-refractivity contribution in [2.75, 3.05) is 5.32 Å². The van der Waals surface area contributed by atoms with Gasteiger partial charge in [-0.25, -0.2) is 27.6 Å². The predicted octanol–water partition coefficient (Wildman–Crippen LogP) is 6.28. The summed E-state index contributed by atoms with van der Waals surface area (Å²) >= 11 is 6.03. The number of rotatable bonds is 9. The van der Waals surface area contributed by atoms with Gasteiger partial charge < -0.3 is 15.4 Å². The van der Waals surface area contributed by atoms with E-state index in [0.29, 0.717) is 18.8 Å². The first-order valence-corrected chi connectivity index (χ1v) is 15.7. The fourth-order valence-electron chi connectivity index (χ4n) is 4.73. The average molecular weight is 603 g/mol. The lowest BCUT2D eigenvalue weighted by Crippen LogP contribution is -2.42. The van der Waals surface area contributed by atoms with E-state index >= 15 is 0 Å². The van der Waals surface area contributed by atoms with Crippen molar-refractivity contribution in [3.63, 3.8) is 0 Å². The average Bonchev–Trinajstić information content (AvgIpc) is 2.90. The van der Waals surface area contributed by atoms with Gasteiger partial charge in [-0.2, -0.15) is 0 Å². The maximum Gasteiger partial charge on any atom is 0.407 e. The lowest BCUT2D eigenvalue weighted by molar-refractivity contribution is 0.0492. The molecule has 2 N–H and O–H groups in total. The van der Waals surface area contributed by atoms with Crippen LogP contribution >= 0.6 is 11.6 Å². The number of nitrogens with one attached hydrogen (secondary N) is 2. The van der Waals surface area contributed by atoms with Crippen LogP contribution in [0.5, 0.6) is 0 Å². The third-order valence-corrected chi connectivity index (χ3v) is 8.98. The number of sulfone groups is 1. The summed E-state index contributed by atoms with van der Waals surface area (Å²) in [5.74, 6) is -0.482. The molecule has 8 nitrogen and oxygen atoms in total. The molecule has 11 heteroatoms. The van der Waals surface area contributed by atoms with Gasteiger partial charge in [0.2, 0.25) is 5.95 Å². The third kappa shape index (κ3) is 9.13. The number of amides is 1. The number of carbonyl (C=O) groups excluding carboxylic acids is 1. The van der Waals surface area contributed by atoms with Crippen LogP contribution in [0.15, 0.2) is 59.8 Å². The van der Waals surface area contributed by atoms with Gasteiger partial charge in [0.15, 0.2) is 9.84 Å². The van der Waals surface area contributed by atoms with Crippen LogP contribution in [0.3, 0.4) is 0 Å². The van der Waals surface area contributed by atoms with Crippen LogP contribution < -0.4 is 10.6 Å². The Morgan fingerprint density at radius 2 is 1.63 bits per heavy atom. The van der Waals surface area contributed by atoms with E-state index in [1.165, 1.54) is 24.3 Å². The Kier molecular flexibility index (Phi) is 9.86. The second-order valence-corrected chi connectivity index (χ2v) is 13.7. The Hall–Kier alpha value is -3.24. The monoisotopic (exact) mass is 602 g/mol. The molecule has 1 aliphatic rings. The highest BCUT2D eigenvalue weighted by Crippen LogP contribution is 2.26. The molecular formula is C30H36ClFN4O4S. The minimum atomic E-state index is -3.78. The fraction of sp³-hybridized carbons (Fsp3) is 0.433. The zero-order valence-corrected chi connectivity index (χ0v) is 25.1. The number of aryl methyl sites for hydroxylation is 2.